The Balaban J connectivity index is 1.84. The highest BCUT2D eigenvalue weighted by molar-refractivity contribution is 5.52. The highest BCUT2D eigenvalue weighted by Crippen LogP contribution is 2.62. The standard InChI is InChI=1S/C23H32O/c1-3-5-12-22-13-6-7-20(22)21-10-8-17-16-18(24)9-11-19(17)23(21,4-2)15-14-22/h9,11,16,24H,3-8,10,12-15H2,1-2H3. The zero-order chi connectivity index (χ0) is 16.8. The van der Waals surface area contributed by atoms with Gasteiger partial charge >= 0.3 is 0 Å². The van der Waals surface area contributed by atoms with Crippen LogP contribution in [-0.2, 0) is 11.8 Å². The van der Waals surface area contributed by atoms with Crippen LogP contribution in [0.3, 0.4) is 0 Å². The topological polar surface area (TPSA) is 20.2 Å². The maximum atomic E-state index is 9.92. The maximum Gasteiger partial charge on any atom is 0.115 e. The van der Waals surface area contributed by atoms with E-state index in [2.05, 4.69) is 19.9 Å². The molecule has 1 fully saturated rings. The van der Waals surface area contributed by atoms with Crippen LogP contribution in [0, 0.1) is 5.41 Å². The molecule has 1 heteroatoms. The van der Waals surface area contributed by atoms with Crippen LogP contribution in [0.2, 0.25) is 0 Å². The van der Waals surface area contributed by atoms with Gasteiger partial charge in [-0.3, -0.25) is 0 Å². The summed E-state index contributed by atoms with van der Waals surface area (Å²) < 4.78 is 0. The van der Waals surface area contributed by atoms with E-state index in [-0.39, 0.29) is 5.41 Å². The molecule has 1 saturated carbocycles. The third kappa shape index (κ3) is 2.20. The lowest BCUT2D eigenvalue weighted by Gasteiger charge is -2.51. The molecule has 0 aromatic heterocycles. The van der Waals surface area contributed by atoms with Crippen molar-refractivity contribution in [3.05, 3.63) is 40.5 Å². The first-order valence-corrected chi connectivity index (χ1v) is 10.2. The molecule has 4 rings (SSSR count). The van der Waals surface area contributed by atoms with E-state index in [1.54, 1.807) is 0 Å². The summed E-state index contributed by atoms with van der Waals surface area (Å²) >= 11 is 0. The molecule has 0 spiro atoms. The van der Waals surface area contributed by atoms with Crippen LogP contribution in [0.4, 0.5) is 0 Å². The van der Waals surface area contributed by atoms with Gasteiger partial charge in [-0.25, -0.2) is 0 Å². The Morgan fingerprint density at radius 2 is 1.88 bits per heavy atom. The predicted molar refractivity (Wildman–Crippen MR) is 100 cm³/mol. The molecule has 0 bridgehead atoms. The van der Waals surface area contributed by atoms with Gasteiger partial charge in [-0.05, 0) is 86.5 Å². The Bertz CT molecular complexity index is 671. The second kappa shape index (κ2) is 5.93. The largest absolute Gasteiger partial charge is 0.508 e. The lowest BCUT2D eigenvalue weighted by molar-refractivity contribution is 0.221. The van der Waals surface area contributed by atoms with Crippen LogP contribution in [0.5, 0.6) is 5.75 Å². The van der Waals surface area contributed by atoms with Gasteiger partial charge in [0.25, 0.3) is 0 Å². The van der Waals surface area contributed by atoms with Gasteiger partial charge in [0, 0.05) is 5.41 Å². The van der Waals surface area contributed by atoms with Gasteiger partial charge in [-0.2, -0.15) is 0 Å². The molecule has 0 saturated heterocycles. The molecule has 1 nitrogen and oxygen atoms in total. The maximum absolute atomic E-state index is 9.92. The molecule has 130 valence electrons. The number of phenolic OH excluding ortho intramolecular Hbond substituents is 1. The molecule has 0 aliphatic heterocycles. The van der Waals surface area contributed by atoms with Gasteiger partial charge in [0.2, 0.25) is 0 Å². The molecule has 2 unspecified atom stereocenters. The molecule has 0 radical (unpaired) electrons. The smallest absolute Gasteiger partial charge is 0.115 e. The third-order valence-electron chi connectivity index (χ3n) is 7.56. The number of allylic oxidation sites excluding steroid dienone is 2. The number of hydrogen-bond donors (Lipinski definition) is 1. The van der Waals surface area contributed by atoms with Gasteiger partial charge < -0.3 is 5.11 Å². The minimum absolute atomic E-state index is 0.274. The number of fused-ring (bicyclic) bond motifs is 4. The first-order valence-electron chi connectivity index (χ1n) is 10.2. The van der Waals surface area contributed by atoms with E-state index in [9.17, 15) is 5.11 Å². The van der Waals surface area contributed by atoms with Crippen LogP contribution < -0.4 is 0 Å². The first-order chi connectivity index (χ1) is 11.6. The Labute approximate surface area is 147 Å². The second-order valence-electron chi connectivity index (χ2n) is 8.47. The lowest BCUT2D eigenvalue weighted by atomic mass is 9.53. The lowest BCUT2D eigenvalue weighted by Crippen LogP contribution is -2.41. The highest BCUT2D eigenvalue weighted by Gasteiger charge is 2.50. The first kappa shape index (κ1) is 16.2. The van der Waals surface area contributed by atoms with E-state index in [4.69, 9.17) is 0 Å². The van der Waals surface area contributed by atoms with E-state index in [1.165, 1.54) is 75.3 Å². The number of hydrogen-bond acceptors (Lipinski definition) is 1. The number of unbranched alkanes of at least 4 members (excludes halogenated alkanes) is 1. The quantitative estimate of drug-likeness (QED) is 0.632. The van der Waals surface area contributed by atoms with Crippen molar-refractivity contribution < 1.29 is 5.11 Å². The van der Waals surface area contributed by atoms with Crippen LogP contribution in [0.1, 0.15) is 89.2 Å². The van der Waals surface area contributed by atoms with Crippen LogP contribution in [0.15, 0.2) is 29.3 Å². The Morgan fingerprint density at radius 1 is 1.00 bits per heavy atom. The zero-order valence-corrected chi connectivity index (χ0v) is 15.5. The molecule has 1 aromatic carbocycles. The Morgan fingerprint density at radius 3 is 2.67 bits per heavy atom. The van der Waals surface area contributed by atoms with E-state index >= 15 is 0 Å². The summed E-state index contributed by atoms with van der Waals surface area (Å²) in [6, 6.07) is 6.18. The van der Waals surface area contributed by atoms with Gasteiger partial charge in [-0.1, -0.05) is 43.9 Å². The van der Waals surface area contributed by atoms with Gasteiger partial charge in [0.15, 0.2) is 0 Å². The van der Waals surface area contributed by atoms with Crippen LogP contribution >= 0.6 is 0 Å². The fourth-order valence-electron chi connectivity index (χ4n) is 6.36. The molecular formula is C23H32O. The predicted octanol–water partition coefficient (Wildman–Crippen LogP) is 6.44. The molecule has 1 aromatic rings. The third-order valence-corrected chi connectivity index (χ3v) is 7.56. The monoisotopic (exact) mass is 324 g/mol. The number of aryl methyl sites for hydroxylation is 1. The van der Waals surface area contributed by atoms with Gasteiger partial charge in [0.1, 0.15) is 5.75 Å². The van der Waals surface area contributed by atoms with Crippen molar-refractivity contribution in [1.29, 1.82) is 0 Å². The summed E-state index contributed by atoms with van der Waals surface area (Å²) in [4.78, 5) is 0. The normalized spacial score (nSPS) is 31.6. The molecule has 3 aliphatic rings. The minimum atomic E-state index is 0.274. The zero-order valence-electron chi connectivity index (χ0n) is 15.5. The highest BCUT2D eigenvalue weighted by atomic mass is 16.3. The summed E-state index contributed by atoms with van der Waals surface area (Å²) in [5.74, 6) is 0.435. The number of rotatable bonds is 4. The summed E-state index contributed by atoms with van der Waals surface area (Å²) in [5, 5.41) is 9.92. The van der Waals surface area contributed by atoms with Crippen molar-refractivity contribution in [1.82, 2.24) is 0 Å². The van der Waals surface area contributed by atoms with Crippen molar-refractivity contribution >= 4 is 0 Å². The second-order valence-corrected chi connectivity index (χ2v) is 8.47. The number of phenols is 1. The number of benzene rings is 1. The SMILES string of the molecule is CCCCC12CCCC1=C1CCc3cc(O)ccc3C1(CC)CC2. The summed E-state index contributed by atoms with van der Waals surface area (Å²) in [7, 11) is 0. The average molecular weight is 325 g/mol. The van der Waals surface area contributed by atoms with E-state index < -0.39 is 0 Å². The van der Waals surface area contributed by atoms with Crippen molar-refractivity contribution in [2.45, 2.75) is 89.9 Å². The van der Waals surface area contributed by atoms with Crippen molar-refractivity contribution in [2.75, 3.05) is 0 Å². The van der Waals surface area contributed by atoms with Crippen molar-refractivity contribution in [3.63, 3.8) is 0 Å². The van der Waals surface area contributed by atoms with Gasteiger partial charge in [0.05, 0.1) is 0 Å². The molecule has 0 amide bonds. The molecule has 0 heterocycles. The van der Waals surface area contributed by atoms with Crippen LogP contribution in [0.25, 0.3) is 0 Å². The Hall–Kier alpha value is -1.24. The van der Waals surface area contributed by atoms with E-state index in [0.29, 0.717) is 11.2 Å². The molecule has 24 heavy (non-hydrogen) atoms. The average Bonchev–Trinajstić information content (AvgIpc) is 3.03. The fraction of sp³-hybridized carbons (Fsp3) is 0.652. The van der Waals surface area contributed by atoms with Crippen molar-refractivity contribution in [2.24, 2.45) is 5.41 Å². The molecule has 3 aliphatic carbocycles. The molecule has 2 atom stereocenters. The van der Waals surface area contributed by atoms with Gasteiger partial charge in [-0.15, -0.1) is 0 Å². The number of aromatic hydroxyl groups is 1. The molecular weight excluding hydrogens is 292 g/mol. The fourth-order valence-corrected chi connectivity index (χ4v) is 6.36. The van der Waals surface area contributed by atoms with E-state index in [1.807, 2.05) is 23.3 Å². The Kier molecular flexibility index (Phi) is 4.01. The molecule has 1 N–H and O–H groups in total. The summed E-state index contributed by atoms with van der Waals surface area (Å²) in [6.45, 7) is 4.72. The summed E-state index contributed by atoms with van der Waals surface area (Å²) in [5.41, 5.74) is 7.47. The van der Waals surface area contributed by atoms with E-state index in [0.717, 1.165) is 6.42 Å². The van der Waals surface area contributed by atoms with Crippen molar-refractivity contribution in [3.8, 4) is 5.75 Å². The minimum Gasteiger partial charge on any atom is -0.508 e. The van der Waals surface area contributed by atoms with Crippen LogP contribution in [-0.4, -0.2) is 5.11 Å². The summed E-state index contributed by atoms with van der Waals surface area (Å²) in [6.07, 6.45) is 14.6.